The lowest BCUT2D eigenvalue weighted by Gasteiger charge is -2.05. The van der Waals surface area contributed by atoms with Gasteiger partial charge in [-0.1, -0.05) is 5.57 Å². The fraction of sp³-hybridized carbons (Fsp3) is 0.357. The third-order valence-electron chi connectivity index (χ3n) is 3.07. The summed E-state index contributed by atoms with van der Waals surface area (Å²) in [4.78, 5) is 12.2. The summed E-state index contributed by atoms with van der Waals surface area (Å²) < 4.78 is 5.99. The first-order valence-corrected chi connectivity index (χ1v) is 6.86. The number of Topliss-reactive ketones (excluding diaryl/α,β-unsaturated/α-hetero) is 1. The van der Waals surface area contributed by atoms with Crippen molar-refractivity contribution in [3.05, 3.63) is 39.0 Å². The van der Waals surface area contributed by atoms with Crippen LogP contribution in [0.4, 0.5) is 0 Å². The Labute approximate surface area is 115 Å². The molecule has 0 heterocycles. The molecule has 1 fully saturated rings. The van der Waals surface area contributed by atoms with Gasteiger partial charge in [0.05, 0.1) is 10.7 Å². The number of ether oxygens (including phenoxy) is 1. The van der Waals surface area contributed by atoms with Gasteiger partial charge in [-0.15, -0.1) is 0 Å². The monoisotopic (exact) mass is 342 g/mol. The quantitative estimate of drug-likeness (QED) is 0.469. The summed E-state index contributed by atoms with van der Waals surface area (Å²) >= 11 is 2.19. The van der Waals surface area contributed by atoms with Crippen LogP contribution in [0.5, 0.6) is 5.75 Å². The second-order valence-corrected chi connectivity index (χ2v) is 5.26. The van der Waals surface area contributed by atoms with Crippen molar-refractivity contribution < 1.29 is 9.53 Å². The first-order valence-electron chi connectivity index (χ1n) is 5.78. The van der Waals surface area contributed by atoms with Gasteiger partial charge in [0.2, 0.25) is 0 Å². The molecule has 1 aliphatic carbocycles. The minimum absolute atomic E-state index is 0.144. The zero-order chi connectivity index (χ0) is 12.3. The molecule has 0 aliphatic heterocycles. The van der Waals surface area contributed by atoms with Crippen molar-refractivity contribution in [2.75, 3.05) is 7.11 Å². The molecule has 2 nitrogen and oxygen atoms in total. The normalized spacial score (nSPS) is 14.8. The number of benzene rings is 1. The van der Waals surface area contributed by atoms with Gasteiger partial charge in [-0.3, -0.25) is 4.79 Å². The maximum atomic E-state index is 12.2. The van der Waals surface area contributed by atoms with E-state index in [1.54, 1.807) is 7.11 Å². The number of carbonyl (C=O) groups excluding carboxylic acids is 1. The topological polar surface area (TPSA) is 26.3 Å². The Bertz CT molecular complexity index is 438. The number of methoxy groups -OCH3 is 1. The molecule has 0 N–H and O–H groups in total. The predicted octanol–water partition coefficient (Wildman–Crippen LogP) is 4.14. The first kappa shape index (κ1) is 12.6. The SMILES string of the molecule is COc1ccc(C(=O)C(I)=C2CCCC2)cc1. The Morgan fingerprint density at radius 1 is 1.18 bits per heavy atom. The molecule has 0 atom stereocenters. The number of allylic oxidation sites excluding steroid dienone is 2. The molecule has 0 amide bonds. The van der Waals surface area contributed by atoms with Crippen LogP contribution in [0.1, 0.15) is 36.0 Å². The van der Waals surface area contributed by atoms with Crippen LogP contribution in [-0.2, 0) is 0 Å². The van der Waals surface area contributed by atoms with Gasteiger partial charge in [-0.2, -0.15) is 0 Å². The lowest BCUT2D eigenvalue weighted by molar-refractivity contribution is 0.104. The molecule has 1 saturated carbocycles. The molecule has 0 unspecified atom stereocenters. The number of ketones is 1. The Kier molecular flexibility index (Phi) is 4.20. The third kappa shape index (κ3) is 2.89. The highest BCUT2D eigenvalue weighted by molar-refractivity contribution is 14.1. The van der Waals surface area contributed by atoms with E-state index >= 15 is 0 Å². The smallest absolute Gasteiger partial charge is 0.199 e. The van der Waals surface area contributed by atoms with Crippen molar-refractivity contribution in [2.45, 2.75) is 25.7 Å². The van der Waals surface area contributed by atoms with Gasteiger partial charge in [0.15, 0.2) is 5.78 Å². The number of rotatable bonds is 3. The Morgan fingerprint density at radius 3 is 2.29 bits per heavy atom. The fourth-order valence-corrected chi connectivity index (χ4v) is 2.90. The minimum atomic E-state index is 0.144. The molecule has 17 heavy (non-hydrogen) atoms. The summed E-state index contributed by atoms with van der Waals surface area (Å²) in [5, 5.41) is 0. The van der Waals surface area contributed by atoms with E-state index in [4.69, 9.17) is 4.74 Å². The Morgan fingerprint density at radius 2 is 1.76 bits per heavy atom. The molecular weight excluding hydrogens is 327 g/mol. The molecule has 1 aromatic carbocycles. The Hall–Kier alpha value is -0.840. The van der Waals surface area contributed by atoms with Crippen molar-refractivity contribution in [1.29, 1.82) is 0 Å². The molecular formula is C14H15IO2. The van der Waals surface area contributed by atoms with E-state index in [0.29, 0.717) is 0 Å². The van der Waals surface area contributed by atoms with E-state index in [2.05, 4.69) is 22.6 Å². The molecule has 0 aromatic heterocycles. The highest BCUT2D eigenvalue weighted by Crippen LogP contribution is 2.31. The average molecular weight is 342 g/mol. The van der Waals surface area contributed by atoms with Gasteiger partial charge in [0.1, 0.15) is 5.75 Å². The summed E-state index contributed by atoms with van der Waals surface area (Å²) in [6.07, 6.45) is 4.61. The van der Waals surface area contributed by atoms with E-state index in [1.165, 1.54) is 18.4 Å². The van der Waals surface area contributed by atoms with Crippen LogP contribution in [-0.4, -0.2) is 12.9 Å². The van der Waals surface area contributed by atoms with Crippen LogP contribution in [0.2, 0.25) is 0 Å². The van der Waals surface area contributed by atoms with Crippen molar-refractivity contribution in [3.8, 4) is 5.75 Å². The van der Waals surface area contributed by atoms with Crippen molar-refractivity contribution in [2.24, 2.45) is 0 Å². The van der Waals surface area contributed by atoms with Crippen molar-refractivity contribution in [3.63, 3.8) is 0 Å². The number of halogens is 1. The van der Waals surface area contributed by atoms with Gasteiger partial charge in [0.25, 0.3) is 0 Å². The maximum absolute atomic E-state index is 12.2. The number of carbonyl (C=O) groups is 1. The second kappa shape index (κ2) is 5.67. The van der Waals surface area contributed by atoms with Gasteiger partial charge in [-0.25, -0.2) is 0 Å². The van der Waals surface area contributed by atoms with Crippen LogP contribution in [0.15, 0.2) is 33.4 Å². The summed E-state index contributed by atoms with van der Waals surface area (Å²) in [7, 11) is 1.63. The summed E-state index contributed by atoms with van der Waals surface area (Å²) in [6, 6.07) is 7.32. The number of hydrogen-bond acceptors (Lipinski definition) is 2. The van der Waals surface area contributed by atoms with E-state index < -0.39 is 0 Å². The zero-order valence-electron chi connectivity index (χ0n) is 9.83. The standard InChI is InChI=1S/C14H15IO2/c1-17-12-8-6-11(7-9-12)14(16)13(15)10-4-2-3-5-10/h6-9H,2-5H2,1H3. The molecule has 2 rings (SSSR count). The summed E-state index contributed by atoms with van der Waals surface area (Å²) in [6.45, 7) is 0. The minimum Gasteiger partial charge on any atom is -0.497 e. The Balaban J connectivity index is 2.21. The zero-order valence-corrected chi connectivity index (χ0v) is 12.0. The van der Waals surface area contributed by atoms with Crippen LogP contribution in [0, 0.1) is 0 Å². The van der Waals surface area contributed by atoms with E-state index in [9.17, 15) is 4.79 Å². The number of hydrogen-bond donors (Lipinski definition) is 0. The van der Waals surface area contributed by atoms with Crippen molar-refractivity contribution >= 4 is 28.4 Å². The fourth-order valence-electron chi connectivity index (χ4n) is 2.05. The van der Waals surface area contributed by atoms with Gasteiger partial charge >= 0.3 is 0 Å². The average Bonchev–Trinajstić information content (AvgIpc) is 2.91. The molecule has 1 aromatic rings. The molecule has 0 radical (unpaired) electrons. The van der Waals surface area contributed by atoms with E-state index in [1.807, 2.05) is 24.3 Å². The van der Waals surface area contributed by atoms with Gasteiger partial charge in [0, 0.05) is 5.56 Å². The molecule has 90 valence electrons. The van der Waals surface area contributed by atoms with Gasteiger partial charge in [-0.05, 0) is 72.5 Å². The second-order valence-electron chi connectivity index (χ2n) is 4.18. The van der Waals surface area contributed by atoms with Gasteiger partial charge < -0.3 is 4.74 Å². The van der Waals surface area contributed by atoms with Crippen LogP contribution in [0.25, 0.3) is 0 Å². The van der Waals surface area contributed by atoms with E-state index in [-0.39, 0.29) is 5.78 Å². The maximum Gasteiger partial charge on any atom is 0.199 e. The molecule has 0 spiro atoms. The summed E-state index contributed by atoms with van der Waals surface area (Å²) in [5.41, 5.74) is 2.07. The molecule has 0 bridgehead atoms. The van der Waals surface area contributed by atoms with Crippen molar-refractivity contribution in [1.82, 2.24) is 0 Å². The highest BCUT2D eigenvalue weighted by Gasteiger charge is 2.17. The van der Waals surface area contributed by atoms with Crippen LogP contribution < -0.4 is 4.74 Å². The molecule has 3 heteroatoms. The summed E-state index contributed by atoms with van der Waals surface area (Å²) in [5.74, 6) is 0.926. The third-order valence-corrected chi connectivity index (χ3v) is 4.32. The predicted molar refractivity (Wildman–Crippen MR) is 76.8 cm³/mol. The molecule has 0 saturated heterocycles. The first-order chi connectivity index (χ1) is 8.22. The van der Waals surface area contributed by atoms with Crippen LogP contribution in [0.3, 0.4) is 0 Å². The lowest BCUT2D eigenvalue weighted by atomic mass is 10.1. The lowest BCUT2D eigenvalue weighted by Crippen LogP contribution is -2.00. The van der Waals surface area contributed by atoms with Crippen LogP contribution >= 0.6 is 22.6 Å². The highest BCUT2D eigenvalue weighted by atomic mass is 127. The van der Waals surface area contributed by atoms with E-state index in [0.717, 1.165) is 27.7 Å². The largest absolute Gasteiger partial charge is 0.497 e. The molecule has 1 aliphatic rings.